The normalized spacial score (nSPS) is 10.7. The number of hydrogen-bond donors (Lipinski definition) is 1. The zero-order chi connectivity index (χ0) is 11.5. The smallest absolute Gasteiger partial charge is 0.266 e. The highest BCUT2D eigenvalue weighted by molar-refractivity contribution is 6.06. The largest absolute Gasteiger partial charge is 0.285 e. The molecule has 0 unspecified atom stereocenters. The van der Waals surface area contributed by atoms with Gasteiger partial charge in [0.05, 0.1) is 0 Å². The zero-order valence-corrected chi connectivity index (χ0v) is 9.40. The van der Waals surface area contributed by atoms with Gasteiger partial charge in [-0.3, -0.25) is 10.2 Å². The van der Waals surface area contributed by atoms with Gasteiger partial charge in [0.1, 0.15) is 0 Å². The topological polar surface area (TPSA) is 32.3 Å². The summed E-state index contributed by atoms with van der Waals surface area (Å²) in [5, 5.41) is 3.70. The van der Waals surface area contributed by atoms with Crippen LogP contribution in [0.4, 0.5) is 0 Å². The first kappa shape index (κ1) is 10.6. The molecule has 16 heavy (non-hydrogen) atoms. The summed E-state index contributed by atoms with van der Waals surface area (Å²) >= 11 is 0. The van der Waals surface area contributed by atoms with E-state index in [4.69, 9.17) is 0 Å². The predicted molar refractivity (Wildman–Crippen MR) is 65.1 cm³/mol. The van der Waals surface area contributed by atoms with Crippen LogP contribution in [0.15, 0.2) is 42.5 Å². The Bertz CT molecular complexity index is 515. The van der Waals surface area contributed by atoms with Gasteiger partial charge in [-0.15, -0.1) is 0 Å². The van der Waals surface area contributed by atoms with Crippen LogP contribution in [0.3, 0.4) is 0 Å². The van der Waals surface area contributed by atoms with Crippen molar-refractivity contribution in [3.63, 3.8) is 0 Å². The minimum atomic E-state index is -0.0817. The molecular formula is C13H14N2O. The molecular weight excluding hydrogens is 200 g/mol. The highest BCUT2D eigenvalue weighted by Crippen LogP contribution is 2.18. The lowest BCUT2D eigenvalue weighted by molar-refractivity contribution is 0.0858. The molecule has 0 fully saturated rings. The third-order valence-electron chi connectivity index (χ3n) is 2.36. The Morgan fingerprint density at radius 2 is 1.75 bits per heavy atom. The first-order chi connectivity index (χ1) is 7.68. The lowest BCUT2D eigenvalue weighted by Gasteiger charge is -2.13. The second-order valence-electron chi connectivity index (χ2n) is 3.86. The summed E-state index contributed by atoms with van der Waals surface area (Å²) in [6, 6.07) is 13.6. The number of fused-ring (bicyclic) bond motifs is 1. The lowest BCUT2D eigenvalue weighted by Crippen LogP contribution is -2.36. The van der Waals surface area contributed by atoms with E-state index in [0.29, 0.717) is 5.56 Å². The van der Waals surface area contributed by atoms with Crippen LogP contribution >= 0.6 is 0 Å². The summed E-state index contributed by atoms with van der Waals surface area (Å²) in [4.78, 5) is 11.9. The van der Waals surface area contributed by atoms with E-state index in [1.165, 1.54) is 0 Å². The van der Waals surface area contributed by atoms with Crippen LogP contribution in [-0.4, -0.2) is 25.0 Å². The van der Waals surface area contributed by atoms with Gasteiger partial charge in [0.15, 0.2) is 0 Å². The second-order valence-corrected chi connectivity index (χ2v) is 3.86. The maximum atomic E-state index is 11.9. The molecule has 0 aliphatic heterocycles. The van der Waals surface area contributed by atoms with Gasteiger partial charge in [-0.05, 0) is 16.8 Å². The van der Waals surface area contributed by atoms with Gasteiger partial charge >= 0.3 is 0 Å². The van der Waals surface area contributed by atoms with Crippen molar-refractivity contribution >= 4 is 16.7 Å². The summed E-state index contributed by atoms with van der Waals surface area (Å²) in [7, 11) is 3.59. The quantitative estimate of drug-likeness (QED) is 0.776. The molecule has 0 bridgehead atoms. The van der Waals surface area contributed by atoms with Crippen LogP contribution in [0.1, 0.15) is 10.4 Å². The van der Waals surface area contributed by atoms with Gasteiger partial charge in [0.25, 0.3) is 5.91 Å². The van der Waals surface area contributed by atoms with Crippen molar-refractivity contribution in [3.8, 4) is 0 Å². The maximum Gasteiger partial charge on any atom is 0.266 e. The van der Waals surface area contributed by atoms with Crippen LogP contribution < -0.4 is 5.43 Å². The maximum absolute atomic E-state index is 11.9. The van der Waals surface area contributed by atoms with E-state index in [1.54, 1.807) is 19.1 Å². The minimum Gasteiger partial charge on any atom is -0.285 e. The highest BCUT2D eigenvalue weighted by atomic mass is 16.2. The van der Waals surface area contributed by atoms with Crippen molar-refractivity contribution in [3.05, 3.63) is 48.0 Å². The minimum absolute atomic E-state index is 0.0817. The molecule has 0 aliphatic carbocycles. The Balaban J connectivity index is 2.48. The van der Waals surface area contributed by atoms with Gasteiger partial charge in [0, 0.05) is 19.7 Å². The van der Waals surface area contributed by atoms with Crippen LogP contribution in [-0.2, 0) is 0 Å². The number of hydrazine groups is 1. The van der Waals surface area contributed by atoms with Crippen LogP contribution in [0, 0.1) is 0 Å². The second kappa shape index (κ2) is 4.33. The molecule has 2 aromatic rings. The summed E-state index contributed by atoms with van der Waals surface area (Å²) in [5.74, 6) is -0.0817. The number of benzene rings is 2. The fourth-order valence-corrected chi connectivity index (χ4v) is 1.69. The number of carbonyl (C=O) groups is 1. The SMILES string of the molecule is CN(C)NC(=O)c1cccc2ccccc12. The number of amides is 1. The van der Waals surface area contributed by atoms with Crippen molar-refractivity contribution in [2.24, 2.45) is 0 Å². The first-order valence-electron chi connectivity index (χ1n) is 5.14. The van der Waals surface area contributed by atoms with E-state index < -0.39 is 0 Å². The first-order valence-corrected chi connectivity index (χ1v) is 5.14. The van der Waals surface area contributed by atoms with E-state index in [0.717, 1.165) is 10.8 Å². The van der Waals surface area contributed by atoms with Crippen molar-refractivity contribution in [1.82, 2.24) is 10.4 Å². The molecule has 0 saturated heterocycles. The predicted octanol–water partition coefficient (Wildman–Crippen LogP) is 2.05. The fourth-order valence-electron chi connectivity index (χ4n) is 1.69. The number of rotatable bonds is 2. The van der Waals surface area contributed by atoms with Gasteiger partial charge in [-0.1, -0.05) is 36.4 Å². The van der Waals surface area contributed by atoms with Crippen LogP contribution in [0.2, 0.25) is 0 Å². The molecule has 82 valence electrons. The summed E-state index contributed by atoms with van der Waals surface area (Å²) in [6.07, 6.45) is 0. The van der Waals surface area contributed by atoms with Crippen molar-refractivity contribution in [2.45, 2.75) is 0 Å². The molecule has 0 aliphatic rings. The number of carbonyl (C=O) groups excluding carboxylic acids is 1. The van der Waals surface area contributed by atoms with Crippen molar-refractivity contribution in [1.29, 1.82) is 0 Å². The molecule has 3 nitrogen and oxygen atoms in total. The van der Waals surface area contributed by atoms with E-state index in [2.05, 4.69) is 5.43 Å². The Morgan fingerprint density at radius 3 is 2.50 bits per heavy atom. The van der Waals surface area contributed by atoms with Gasteiger partial charge in [-0.2, -0.15) is 0 Å². The van der Waals surface area contributed by atoms with Gasteiger partial charge in [-0.25, -0.2) is 5.01 Å². The highest BCUT2D eigenvalue weighted by Gasteiger charge is 2.09. The standard InChI is InChI=1S/C13H14N2O/c1-15(2)14-13(16)12-9-5-7-10-6-3-4-8-11(10)12/h3-9H,1-2H3,(H,14,16). The average molecular weight is 214 g/mol. The monoisotopic (exact) mass is 214 g/mol. The molecule has 1 N–H and O–H groups in total. The Kier molecular flexibility index (Phi) is 2.88. The summed E-state index contributed by atoms with van der Waals surface area (Å²) < 4.78 is 0. The Hall–Kier alpha value is -1.87. The van der Waals surface area contributed by atoms with Crippen molar-refractivity contribution < 1.29 is 4.79 Å². The van der Waals surface area contributed by atoms with E-state index in [1.807, 2.05) is 42.5 Å². The fraction of sp³-hybridized carbons (Fsp3) is 0.154. The average Bonchev–Trinajstić information content (AvgIpc) is 2.27. The molecule has 0 heterocycles. The Labute approximate surface area is 94.6 Å². The lowest BCUT2D eigenvalue weighted by atomic mass is 10.0. The van der Waals surface area contributed by atoms with Crippen LogP contribution in [0.25, 0.3) is 10.8 Å². The number of nitrogens with one attached hydrogen (secondary N) is 1. The third kappa shape index (κ3) is 2.04. The van der Waals surface area contributed by atoms with E-state index in [-0.39, 0.29) is 5.91 Å². The molecule has 0 saturated carbocycles. The Morgan fingerprint density at radius 1 is 1.06 bits per heavy atom. The van der Waals surface area contributed by atoms with E-state index >= 15 is 0 Å². The summed E-state index contributed by atoms with van der Waals surface area (Å²) in [5.41, 5.74) is 3.45. The van der Waals surface area contributed by atoms with Gasteiger partial charge < -0.3 is 0 Å². The molecule has 2 rings (SSSR count). The molecule has 2 aromatic carbocycles. The van der Waals surface area contributed by atoms with Gasteiger partial charge in [0.2, 0.25) is 0 Å². The molecule has 0 aromatic heterocycles. The number of hydrogen-bond acceptors (Lipinski definition) is 2. The molecule has 1 amide bonds. The zero-order valence-electron chi connectivity index (χ0n) is 9.40. The third-order valence-corrected chi connectivity index (χ3v) is 2.36. The molecule has 3 heteroatoms. The van der Waals surface area contributed by atoms with E-state index in [9.17, 15) is 4.79 Å². The van der Waals surface area contributed by atoms with Crippen molar-refractivity contribution in [2.75, 3.05) is 14.1 Å². The number of nitrogens with zero attached hydrogens (tertiary/aromatic N) is 1. The summed E-state index contributed by atoms with van der Waals surface area (Å²) in [6.45, 7) is 0. The van der Waals surface area contributed by atoms with Crippen LogP contribution in [0.5, 0.6) is 0 Å². The molecule has 0 radical (unpaired) electrons. The molecule has 0 spiro atoms. The molecule has 0 atom stereocenters.